The molecule has 0 radical (unpaired) electrons. The number of hydrogen-bond donors (Lipinski definition) is 1. The van der Waals surface area contributed by atoms with Crippen molar-refractivity contribution in [2.45, 2.75) is 57.9 Å². The van der Waals surface area contributed by atoms with Crippen LogP contribution in [0.5, 0.6) is 0 Å². The van der Waals surface area contributed by atoms with Crippen molar-refractivity contribution < 1.29 is 8.42 Å². The van der Waals surface area contributed by atoms with E-state index in [1.807, 2.05) is 39.0 Å². The van der Waals surface area contributed by atoms with Crippen molar-refractivity contribution in [3.63, 3.8) is 0 Å². The number of aromatic nitrogens is 3. The lowest BCUT2D eigenvalue weighted by Crippen LogP contribution is -2.42. The van der Waals surface area contributed by atoms with Crippen LogP contribution in [0, 0.1) is 20.8 Å². The second-order valence-electron chi connectivity index (χ2n) is 8.59. The van der Waals surface area contributed by atoms with E-state index >= 15 is 0 Å². The maximum Gasteiger partial charge on any atom is 0.240 e. The Labute approximate surface area is 184 Å². The lowest BCUT2D eigenvalue weighted by atomic mass is 10.0. The topological polar surface area (TPSA) is 79.6 Å². The minimum absolute atomic E-state index is 0.306. The summed E-state index contributed by atoms with van der Waals surface area (Å²) in [6.07, 6.45) is 5.37. The third-order valence-electron chi connectivity index (χ3n) is 6.20. The number of aryl methyl sites for hydroxylation is 3. The maximum atomic E-state index is 13.1. The molecule has 1 N–H and O–H groups in total. The molecule has 0 aliphatic carbocycles. The second kappa shape index (κ2) is 8.68. The Morgan fingerprint density at radius 2 is 1.97 bits per heavy atom. The molecule has 4 rings (SSSR count). The summed E-state index contributed by atoms with van der Waals surface area (Å²) in [7, 11) is -3.62. The van der Waals surface area contributed by atoms with Crippen molar-refractivity contribution in [3.05, 3.63) is 47.4 Å². The number of fused-ring (bicyclic) bond motifs is 1. The third kappa shape index (κ3) is 4.51. The van der Waals surface area contributed by atoms with E-state index in [-0.39, 0.29) is 0 Å². The number of benzene rings is 1. The van der Waals surface area contributed by atoms with Crippen molar-refractivity contribution in [1.82, 2.24) is 24.2 Å². The van der Waals surface area contributed by atoms with Crippen LogP contribution in [-0.2, 0) is 10.0 Å². The molecule has 166 valence electrons. The summed E-state index contributed by atoms with van der Waals surface area (Å²) >= 11 is 0. The van der Waals surface area contributed by atoms with Crippen molar-refractivity contribution >= 4 is 15.7 Å². The van der Waals surface area contributed by atoms with E-state index < -0.39 is 10.0 Å². The normalized spacial score (nSPS) is 18.0. The highest BCUT2D eigenvalue weighted by Gasteiger charge is 2.21. The number of rotatable bonds is 6. The van der Waals surface area contributed by atoms with Crippen molar-refractivity contribution in [2.75, 3.05) is 19.6 Å². The number of piperidine rings is 1. The van der Waals surface area contributed by atoms with E-state index in [0.717, 1.165) is 46.8 Å². The molecule has 1 unspecified atom stereocenters. The van der Waals surface area contributed by atoms with Crippen LogP contribution in [0.1, 0.15) is 43.1 Å². The molecular weight excluding hydrogens is 410 g/mol. The lowest BCUT2D eigenvalue weighted by molar-refractivity contribution is 0.164. The van der Waals surface area contributed by atoms with Gasteiger partial charge in [-0.25, -0.2) is 22.6 Å². The molecule has 3 aromatic rings. The van der Waals surface area contributed by atoms with Crippen LogP contribution in [0.3, 0.4) is 0 Å². The number of nitrogens with one attached hydrogen (secondary N) is 1. The molecule has 1 aliphatic heterocycles. The lowest BCUT2D eigenvalue weighted by Gasteiger charge is -2.33. The average molecular weight is 442 g/mol. The molecule has 2 aromatic heterocycles. The van der Waals surface area contributed by atoms with Crippen LogP contribution in [0.4, 0.5) is 0 Å². The first-order valence-electron chi connectivity index (χ1n) is 10.9. The van der Waals surface area contributed by atoms with Gasteiger partial charge >= 0.3 is 0 Å². The number of likely N-dealkylation sites (tertiary alicyclic amines) is 1. The summed E-state index contributed by atoms with van der Waals surface area (Å²) in [6, 6.07) is 8.00. The zero-order valence-electron chi connectivity index (χ0n) is 18.7. The van der Waals surface area contributed by atoms with Crippen LogP contribution < -0.4 is 4.72 Å². The van der Waals surface area contributed by atoms with Gasteiger partial charge < -0.3 is 0 Å². The van der Waals surface area contributed by atoms with Gasteiger partial charge in [-0.15, -0.1) is 0 Å². The van der Waals surface area contributed by atoms with Crippen LogP contribution in [0.25, 0.3) is 16.8 Å². The van der Waals surface area contributed by atoms with Gasteiger partial charge in [0.15, 0.2) is 5.65 Å². The molecule has 0 bridgehead atoms. The molecule has 3 heterocycles. The fraction of sp³-hybridized carbons (Fsp3) is 0.478. The molecule has 0 saturated carbocycles. The average Bonchev–Trinajstić information content (AvgIpc) is 3.14. The fourth-order valence-electron chi connectivity index (χ4n) is 4.42. The van der Waals surface area contributed by atoms with E-state index in [1.54, 1.807) is 16.8 Å². The van der Waals surface area contributed by atoms with E-state index in [2.05, 4.69) is 26.6 Å². The Balaban J connectivity index is 1.59. The molecule has 1 saturated heterocycles. The molecule has 1 fully saturated rings. The zero-order valence-corrected chi connectivity index (χ0v) is 19.5. The Bertz CT molecular complexity index is 1200. The fourth-order valence-corrected chi connectivity index (χ4v) is 5.71. The molecule has 0 amide bonds. The van der Waals surface area contributed by atoms with Gasteiger partial charge in [0.25, 0.3) is 0 Å². The Morgan fingerprint density at radius 1 is 1.16 bits per heavy atom. The molecular formula is C23H31N5O2S. The van der Waals surface area contributed by atoms with Gasteiger partial charge in [-0.1, -0.05) is 18.6 Å². The largest absolute Gasteiger partial charge is 0.299 e. The van der Waals surface area contributed by atoms with E-state index in [4.69, 9.17) is 0 Å². The minimum atomic E-state index is -3.62. The quantitative estimate of drug-likeness (QED) is 0.634. The number of hydrogen-bond acceptors (Lipinski definition) is 5. The molecule has 31 heavy (non-hydrogen) atoms. The number of nitrogens with zero attached hydrogens (tertiary/aromatic N) is 4. The monoisotopic (exact) mass is 441 g/mol. The summed E-state index contributed by atoms with van der Waals surface area (Å²) in [6.45, 7) is 10.2. The van der Waals surface area contributed by atoms with Crippen molar-refractivity contribution in [3.8, 4) is 11.1 Å². The van der Waals surface area contributed by atoms with E-state index in [0.29, 0.717) is 17.5 Å². The molecule has 0 spiro atoms. The maximum absolute atomic E-state index is 13.1. The van der Waals surface area contributed by atoms with Crippen LogP contribution >= 0.6 is 0 Å². The van der Waals surface area contributed by atoms with E-state index in [9.17, 15) is 8.42 Å². The van der Waals surface area contributed by atoms with Gasteiger partial charge in [0.1, 0.15) is 0 Å². The first-order valence-corrected chi connectivity index (χ1v) is 12.4. The molecule has 7 nitrogen and oxygen atoms in total. The Morgan fingerprint density at radius 3 is 2.74 bits per heavy atom. The SMILES string of the molecule is Cc1cc(C)n2ncc(-c3ccc(C)c(S(=O)(=O)NCCN4CCCCC4C)c3)c2n1. The van der Waals surface area contributed by atoms with Crippen LogP contribution in [-0.4, -0.2) is 53.6 Å². The van der Waals surface area contributed by atoms with Crippen LogP contribution in [0.15, 0.2) is 35.4 Å². The summed E-state index contributed by atoms with van der Waals surface area (Å²) in [5, 5.41) is 4.44. The Kier molecular flexibility index (Phi) is 6.14. The van der Waals surface area contributed by atoms with Gasteiger partial charge in [0.2, 0.25) is 10.0 Å². The van der Waals surface area contributed by atoms with Gasteiger partial charge in [0, 0.05) is 36.1 Å². The second-order valence-corrected chi connectivity index (χ2v) is 10.3. The summed E-state index contributed by atoms with van der Waals surface area (Å²) < 4.78 is 30.8. The van der Waals surface area contributed by atoms with Crippen LogP contribution in [0.2, 0.25) is 0 Å². The highest BCUT2D eigenvalue weighted by atomic mass is 32.2. The zero-order chi connectivity index (χ0) is 22.2. The predicted molar refractivity (Wildman–Crippen MR) is 123 cm³/mol. The standard InChI is InChI=1S/C23H31N5O2S/c1-16-8-9-20(21-15-24-28-19(4)13-17(2)26-23(21)28)14-22(16)31(29,30)25-10-12-27-11-6-5-7-18(27)3/h8-9,13-15,18,25H,5-7,10-12H2,1-4H3. The third-order valence-corrected chi connectivity index (χ3v) is 7.80. The highest BCUT2D eigenvalue weighted by molar-refractivity contribution is 7.89. The van der Waals surface area contributed by atoms with Gasteiger partial charge in [-0.05, 0) is 70.3 Å². The Hall–Kier alpha value is -2.29. The summed E-state index contributed by atoms with van der Waals surface area (Å²) in [5.74, 6) is 0. The molecule has 1 aliphatic rings. The van der Waals surface area contributed by atoms with Gasteiger partial charge in [-0.3, -0.25) is 4.90 Å². The molecule has 8 heteroatoms. The van der Waals surface area contributed by atoms with Gasteiger partial charge in [-0.2, -0.15) is 5.10 Å². The summed E-state index contributed by atoms with van der Waals surface area (Å²) in [5.41, 5.74) is 4.97. The van der Waals surface area contributed by atoms with Gasteiger partial charge in [0.05, 0.1) is 11.1 Å². The van der Waals surface area contributed by atoms with Crippen molar-refractivity contribution in [1.29, 1.82) is 0 Å². The molecule has 1 atom stereocenters. The summed E-state index contributed by atoms with van der Waals surface area (Å²) in [4.78, 5) is 7.30. The predicted octanol–water partition coefficient (Wildman–Crippen LogP) is 3.47. The smallest absolute Gasteiger partial charge is 0.240 e. The first kappa shape index (κ1) is 21.9. The van der Waals surface area contributed by atoms with E-state index in [1.165, 1.54) is 19.3 Å². The first-order chi connectivity index (χ1) is 14.8. The minimum Gasteiger partial charge on any atom is -0.299 e. The van der Waals surface area contributed by atoms with Crippen molar-refractivity contribution in [2.24, 2.45) is 0 Å². The number of sulfonamides is 1. The highest BCUT2D eigenvalue weighted by Crippen LogP contribution is 2.28. The molecule has 1 aromatic carbocycles.